The van der Waals surface area contributed by atoms with E-state index in [4.69, 9.17) is 0 Å². The van der Waals surface area contributed by atoms with Crippen molar-refractivity contribution in [1.82, 2.24) is 5.43 Å². The lowest BCUT2D eigenvalue weighted by atomic mass is 10.0. The Labute approximate surface area is 83.8 Å². The van der Waals surface area contributed by atoms with Crippen molar-refractivity contribution in [2.75, 3.05) is 0 Å². The van der Waals surface area contributed by atoms with Crippen LogP contribution >= 0.6 is 0 Å². The molecule has 0 saturated carbocycles. The first kappa shape index (κ1) is 10.4. The monoisotopic (exact) mass is 190 g/mol. The Kier molecular flexibility index (Phi) is 3.40. The molecule has 0 bridgehead atoms. The zero-order valence-electron chi connectivity index (χ0n) is 8.66. The minimum atomic E-state index is 0.563. The first-order valence-corrected chi connectivity index (χ1v) is 4.46. The number of nitrogens with zero attached hydrogens (tertiary/aromatic N) is 1. The van der Waals surface area contributed by atoms with Crippen molar-refractivity contribution < 1.29 is 4.79 Å². The van der Waals surface area contributed by atoms with Crippen LogP contribution < -0.4 is 5.43 Å². The lowest BCUT2D eigenvalue weighted by Crippen LogP contribution is -2.07. The maximum absolute atomic E-state index is 10.1. The number of hydrogen-bond acceptors (Lipinski definition) is 2. The van der Waals surface area contributed by atoms with E-state index in [1.165, 1.54) is 11.1 Å². The Morgan fingerprint density at radius 2 is 2.14 bits per heavy atom. The highest BCUT2D eigenvalue weighted by atomic mass is 16.1. The summed E-state index contributed by atoms with van der Waals surface area (Å²) in [5, 5.41) is 3.90. The average molecular weight is 190 g/mol. The lowest BCUT2D eigenvalue weighted by Gasteiger charge is -2.05. The van der Waals surface area contributed by atoms with E-state index in [1.54, 1.807) is 0 Å². The summed E-state index contributed by atoms with van der Waals surface area (Å²) in [4.78, 5) is 10.1. The third-order valence-corrected chi connectivity index (χ3v) is 2.06. The van der Waals surface area contributed by atoms with Gasteiger partial charge in [-0.1, -0.05) is 23.8 Å². The van der Waals surface area contributed by atoms with Crippen molar-refractivity contribution in [3.63, 3.8) is 0 Å². The second kappa shape index (κ2) is 4.56. The number of nitrogens with one attached hydrogen (secondary N) is 1. The number of hydrogen-bond donors (Lipinski definition) is 1. The summed E-state index contributed by atoms with van der Waals surface area (Å²) in [6, 6.07) is 6.13. The van der Waals surface area contributed by atoms with Gasteiger partial charge in [-0.2, -0.15) is 5.10 Å². The Hall–Kier alpha value is -1.64. The van der Waals surface area contributed by atoms with Crippen molar-refractivity contribution in [2.24, 2.45) is 5.10 Å². The van der Waals surface area contributed by atoms with Crippen LogP contribution in [0, 0.1) is 13.8 Å². The molecule has 1 N–H and O–H groups in total. The van der Waals surface area contributed by atoms with E-state index in [0.717, 1.165) is 11.3 Å². The highest BCUT2D eigenvalue weighted by Gasteiger charge is 2.01. The Bertz CT molecular complexity index is 370. The summed E-state index contributed by atoms with van der Waals surface area (Å²) in [6.07, 6.45) is 0.563. The molecule has 0 heterocycles. The Morgan fingerprint density at radius 3 is 2.71 bits per heavy atom. The number of aryl methyl sites for hydroxylation is 2. The summed E-state index contributed by atoms with van der Waals surface area (Å²) in [5.41, 5.74) is 6.56. The van der Waals surface area contributed by atoms with Crippen LogP contribution in [0.5, 0.6) is 0 Å². The van der Waals surface area contributed by atoms with E-state index < -0.39 is 0 Å². The second-order valence-electron chi connectivity index (χ2n) is 3.26. The number of amides is 1. The fourth-order valence-electron chi connectivity index (χ4n) is 1.40. The molecule has 0 unspecified atom stereocenters. The van der Waals surface area contributed by atoms with Gasteiger partial charge in [-0.15, -0.1) is 0 Å². The van der Waals surface area contributed by atoms with Crippen molar-refractivity contribution in [1.29, 1.82) is 0 Å². The zero-order chi connectivity index (χ0) is 10.6. The molecule has 1 aromatic carbocycles. The highest BCUT2D eigenvalue weighted by Crippen LogP contribution is 2.11. The van der Waals surface area contributed by atoms with Gasteiger partial charge in [0.1, 0.15) is 0 Å². The summed E-state index contributed by atoms with van der Waals surface area (Å²) in [5.74, 6) is 0. The molecule has 3 nitrogen and oxygen atoms in total. The van der Waals surface area contributed by atoms with Gasteiger partial charge in [0, 0.05) is 5.56 Å². The zero-order valence-corrected chi connectivity index (χ0v) is 8.66. The van der Waals surface area contributed by atoms with Crippen molar-refractivity contribution in [3.8, 4) is 0 Å². The fourth-order valence-corrected chi connectivity index (χ4v) is 1.40. The normalized spacial score (nSPS) is 11.2. The molecular weight excluding hydrogens is 176 g/mol. The third kappa shape index (κ3) is 2.42. The SMILES string of the molecule is C/C(=N/NC=O)c1ccc(C)cc1C. The highest BCUT2D eigenvalue weighted by molar-refractivity contribution is 6.00. The molecule has 1 aromatic rings. The van der Waals surface area contributed by atoms with Gasteiger partial charge in [0.05, 0.1) is 5.71 Å². The van der Waals surface area contributed by atoms with Gasteiger partial charge in [-0.3, -0.25) is 4.79 Å². The van der Waals surface area contributed by atoms with Gasteiger partial charge in [-0.25, -0.2) is 5.43 Å². The van der Waals surface area contributed by atoms with Crippen LogP contribution in [0.4, 0.5) is 0 Å². The maximum Gasteiger partial charge on any atom is 0.227 e. The van der Waals surface area contributed by atoms with Crippen molar-refractivity contribution in [2.45, 2.75) is 20.8 Å². The van der Waals surface area contributed by atoms with E-state index in [2.05, 4.69) is 16.6 Å². The molecule has 0 atom stereocenters. The largest absolute Gasteiger partial charge is 0.277 e. The molecule has 0 aliphatic carbocycles. The summed E-state index contributed by atoms with van der Waals surface area (Å²) >= 11 is 0. The van der Waals surface area contributed by atoms with Gasteiger partial charge in [0.25, 0.3) is 0 Å². The number of carbonyl (C=O) groups excluding carboxylic acids is 1. The molecule has 1 rings (SSSR count). The number of carbonyl (C=O) groups is 1. The van der Waals surface area contributed by atoms with Gasteiger partial charge >= 0.3 is 0 Å². The summed E-state index contributed by atoms with van der Waals surface area (Å²) < 4.78 is 0. The van der Waals surface area contributed by atoms with Gasteiger partial charge in [-0.05, 0) is 26.3 Å². The maximum atomic E-state index is 10.1. The quantitative estimate of drug-likeness (QED) is 0.440. The molecule has 0 aliphatic heterocycles. The van der Waals surface area contributed by atoms with Crippen LogP contribution in [0.2, 0.25) is 0 Å². The van der Waals surface area contributed by atoms with Crippen LogP contribution in [0.25, 0.3) is 0 Å². The molecule has 3 heteroatoms. The molecule has 0 aromatic heterocycles. The second-order valence-corrected chi connectivity index (χ2v) is 3.26. The van der Waals surface area contributed by atoms with Crippen LogP contribution in [0.1, 0.15) is 23.6 Å². The van der Waals surface area contributed by atoms with Gasteiger partial charge in [0.15, 0.2) is 0 Å². The molecule has 0 spiro atoms. The first-order valence-electron chi connectivity index (χ1n) is 4.46. The Balaban J connectivity index is 3.01. The van der Waals surface area contributed by atoms with Crippen LogP contribution in [-0.2, 0) is 4.79 Å². The van der Waals surface area contributed by atoms with E-state index in [0.29, 0.717) is 6.41 Å². The number of hydrazone groups is 1. The fraction of sp³-hybridized carbons (Fsp3) is 0.273. The average Bonchev–Trinajstić information content (AvgIpc) is 2.14. The molecule has 0 radical (unpaired) electrons. The molecule has 0 aliphatic rings. The van der Waals surface area contributed by atoms with Crippen molar-refractivity contribution in [3.05, 3.63) is 34.9 Å². The minimum absolute atomic E-state index is 0.563. The van der Waals surface area contributed by atoms with E-state index in [-0.39, 0.29) is 0 Å². The van der Waals surface area contributed by atoms with Crippen LogP contribution in [0.3, 0.4) is 0 Å². The van der Waals surface area contributed by atoms with Crippen LogP contribution in [0.15, 0.2) is 23.3 Å². The van der Waals surface area contributed by atoms with E-state index in [9.17, 15) is 4.79 Å². The predicted molar refractivity (Wildman–Crippen MR) is 57.3 cm³/mol. The summed E-state index contributed by atoms with van der Waals surface area (Å²) in [7, 11) is 0. The minimum Gasteiger partial charge on any atom is -0.277 e. The Morgan fingerprint density at radius 1 is 1.43 bits per heavy atom. The smallest absolute Gasteiger partial charge is 0.227 e. The first-order chi connectivity index (χ1) is 6.65. The van der Waals surface area contributed by atoms with Gasteiger partial charge in [0.2, 0.25) is 6.41 Å². The summed E-state index contributed by atoms with van der Waals surface area (Å²) in [6.45, 7) is 5.95. The van der Waals surface area contributed by atoms with E-state index >= 15 is 0 Å². The van der Waals surface area contributed by atoms with Gasteiger partial charge < -0.3 is 0 Å². The lowest BCUT2D eigenvalue weighted by molar-refractivity contribution is -0.109. The standard InChI is InChI=1S/C11H14N2O/c1-8-4-5-11(9(2)6-8)10(3)13-12-7-14/h4-7H,1-3H3,(H,12,14)/b13-10-. The molecule has 0 fully saturated rings. The van der Waals surface area contributed by atoms with Crippen LogP contribution in [-0.4, -0.2) is 12.1 Å². The molecular formula is C11H14N2O. The topological polar surface area (TPSA) is 41.5 Å². The predicted octanol–water partition coefficient (Wildman–Crippen LogP) is 1.77. The molecule has 0 saturated heterocycles. The number of benzene rings is 1. The number of rotatable bonds is 3. The molecule has 74 valence electrons. The third-order valence-electron chi connectivity index (χ3n) is 2.06. The molecule has 1 amide bonds. The molecule has 14 heavy (non-hydrogen) atoms. The van der Waals surface area contributed by atoms with E-state index in [1.807, 2.05) is 32.9 Å². The van der Waals surface area contributed by atoms with Crippen molar-refractivity contribution >= 4 is 12.1 Å².